The van der Waals surface area contributed by atoms with Gasteiger partial charge in [-0.3, -0.25) is 4.79 Å². The van der Waals surface area contributed by atoms with Crippen LogP contribution in [0, 0.1) is 0 Å². The molecule has 2 aliphatic rings. The minimum Gasteiger partial charge on any atom is -0.334 e. The SMILES string of the molecule is CS(=O)(=O)c1cc(C(=O)N2CCC[C@H]2CN2CCCC2)ccc1-c1ccccc1. The zero-order valence-electron chi connectivity index (χ0n) is 16.9. The minimum absolute atomic E-state index is 0.0591. The van der Waals surface area contributed by atoms with Crippen LogP contribution in [-0.4, -0.2) is 62.6 Å². The third-order valence-electron chi connectivity index (χ3n) is 6.02. The summed E-state index contributed by atoms with van der Waals surface area (Å²) in [5, 5.41) is 0. The van der Waals surface area contributed by atoms with E-state index >= 15 is 0 Å². The highest BCUT2D eigenvalue weighted by Gasteiger charge is 2.32. The molecule has 2 saturated heterocycles. The first kappa shape index (κ1) is 20.1. The topological polar surface area (TPSA) is 57.7 Å². The van der Waals surface area contributed by atoms with Crippen molar-refractivity contribution in [2.75, 3.05) is 32.4 Å². The summed E-state index contributed by atoms with van der Waals surface area (Å²) in [5.41, 5.74) is 1.93. The molecule has 0 N–H and O–H groups in total. The number of hydrogen-bond acceptors (Lipinski definition) is 4. The second-order valence-corrected chi connectivity index (χ2v) is 10.1. The van der Waals surface area contributed by atoms with E-state index in [2.05, 4.69) is 4.90 Å². The van der Waals surface area contributed by atoms with Gasteiger partial charge in [0.15, 0.2) is 9.84 Å². The average molecular weight is 413 g/mol. The van der Waals surface area contributed by atoms with Gasteiger partial charge in [0.25, 0.3) is 5.91 Å². The van der Waals surface area contributed by atoms with Crippen molar-refractivity contribution in [1.82, 2.24) is 9.80 Å². The van der Waals surface area contributed by atoms with Gasteiger partial charge in [0.2, 0.25) is 0 Å². The lowest BCUT2D eigenvalue weighted by molar-refractivity contribution is 0.0708. The van der Waals surface area contributed by atoms with E-state index in [4.69, 9.17) is 0 Å². The summed E-state index contributed by atoms with van der Waals surface area (Å²) in [5.74, 6) is -0.0591. The second-order valence-electron chi connectivity index (χ2n) is 8.15. The molecule has 2 aromatic carbocycles. The fourth-order valence-electron chi connectivity index (χ4n) is 4.54. The molecule has 4 rings (SSSR count). The van der Waals surface area contributed by atoms with Crippen LogP contribution in [0.1, 0.15) is 36.0 Å². The van der Waals surface area contributed by atoms with E-state index in [1.165, 1.54) is 19.1 Å². The van der Waals surface area contributed by atoms with E-state index in [1.54, 1.807) is 18.2 Å². The standard InChI is InChI=1S/C23H28N2O3S/c1-29(27,28)22-16-19(11-12-21(22)18-8-3-2-4-9-18)23(26)25-15-7-10-20(25)17-24-13-5-6-14-24/h2-4,8-9,11-12,16,20H,5-7,10,13-15,17H2,1H3/t20-/m0/s1. The number of nitrogens with zero attached hydrogens (tertiary/aromatic N) is 2. The van der Waals surface area contributed by atoms with Crippen LogP contribution >= 0.6 is 0 Å². The molecule has 1 amide bonds. The lowest BCUT2D eigenvalue weighted by Crippen LogP contribution is -2.42. The van der Waals surface area contributed by atoms with Crippen molar-refractivity contribution >= 4 is 15.7 Å². The maximum absolute atomic E-state index is 13.3. The summed E-state index contributed by atoms with van der Waals surface area (Å²) in [6.07, 6.45) is 5.70. The molecule has 0 aliphatic carbocycles. The molecule has 0 spiro atoms. The van der Waals surface area contributed by atoms with Crippen molar-refractivity contribution in [3.8, 4) is 11.1 Å². The molecule has 154 valence electrons. The number of amides is 1. The average Bonchev–Trinajstić information content (AvgIpc) is 3.39. The molecule has 0 bridgehead atoms. The Hall–Kier alpha value is -2.18. The lowest BCUT2D eigenvalue weighted by Gasteiger charge is -2.28. The van der Waals surface area contributed by atoms with Gasteiger partial charge < -0.3 is 9.80 Å². The number of likely N-dealkylation sites (tertiary alicyclic amines) is 2. The van der Waals surface area contributed by atoms with Crippen LogP contribution in [0.4, 0.5) is 0 Å². The van der Waals surface area contributed by atoms with Crippen molar-refractivity contribution < 1.29 is 13.2 Å². The van der Waals surface area contributed by atoms with Gasteiger partial charge in [-0.25, -0.2) is 8.42 Å². The molecule has 2 fully saturated rings. The molecule has 0 radical (unpaired) electrons. The molecular weight excluding hydrogens is 384 g/mol. The van der Waals surface area contributed by atoms with Gasteiger partial charge in [-0.1, -0.05) is 36.4 Å². The fraction of sp³-hybridized carbons (Fsp3) is 0.435. The fourth-order valence-corrected chi connectivity index (χ4v) is 5.47. The Morgan fingerprint density at radius 1 is 1.00 bits per heavy atom. The zero-order chi connectivity index (χ0) is 20.4. The number of carbonyl (C=O) groups is 1. The minimum atomic E-state index is -3.47. The summed E-state index contributed by atoms with van der Waals surface area (Å²) in [7, 11) is -3.47. The molecule has 1 atom stereocenters. The molecule has 2 aliphatic heterocycles. The maximum Gasteiger partial charge on any atom is 0.254 e. The number of rotatable bonds is 5. The Bertz CT molecular complexity index is 982. The highest BCUT2D eigenvalue weighted by molar-refractivity contribution is 7.90. The first-order valence-corrected chi connectivity index (χ1v) is 12.3. The molecular formula is C23H28N2O3S. The van der Waals surface area contributed by atoms with Crippen molar-refractivity contribution in [2.24, 2.45) is 0 Å². The van der Waals surface area contributed by atoms with E-state index < -0.39 is 9.84 Å². The van der Waals surface area contributed by atoms with Crippen molar-refractivity contribution in [2.45, 2.75) is 36.6 Å². The monoisotopic (exact) mass is 412 g/mol. The number of carbonyl (C=O) groups excluding carboxylic acids is 1. The Balaban J connectivity index is 1.63. The molecule has 2 heterocycles. The van der Waals surface area contributed by atoms with Crippen LogP contribution in [0.25, 0.3) is 11.1 Å². The highest BCUT2D eigenvalue weighted by Crippen LogP contribution is 2.30. The van der Waals surface area contributed by atoms with E-state index in [0.717, 1.165) is 44.6 Å². The lowest BCUT2D eigenvalue weighted by atomic mass is 10.0. The zero-order valence-corrected chi connectivity index (χ0v) is 17.7. The molecule has 0 saturated carbocycles. The number of benzene rings is 2. The van der Waals surface area contributed by atoms with Crippen LogP contribution in [0.15, 0.2) is 53.4 Å². The second kappa shape index (κ2) is 8.28. The molecule has 2 aromatic rings. The summed E-state index contributed by atoms with van der Waals surface area (Å²) < 4.78 is 25.0. The Kier molecular flexibility index (Phi) is 5.74. The normalized spacial score (nSPS) is 20.3. The number of sulfone groups is 1. The van der Waals surface area contributed by atoms with Gasteiger partial charge >= 0.3 is 0 Å². The molecule has 6 heteroatoms. The van der Waals surface area contributed by atoms with Gasteiger partial charge in [-0.15, -0.1) is 0 Å². The van der Waals surface area contributed by atoms with Gasteiger partial charge in [-0.2, -0.15) is 0 Å². The van der Waals surface area contributed by atoms with Crippen LogP contribution in [0.2, 0.25) is 0 Å². The van der Waals surface area contributed by atoms with Crippen LogP contribution in [0.5, 0.6) is 0 Å². The van der Waals surface area contributed by atoms with Crippen LogP contribution in [0.3, 0.4) is 0 Å². The van der Waals surface area contributed by atoms with Gasteiger partial charge in [-0.05, 0) is 56.5 Å². The molecule has 29 heavy (non-hydrogen) atoms. The van der Waals surface area contributed by atoms with E-state index in [9.17, 15) is 13.2 Å². The largest absolute Gasteiger partial charge is 0.334 e. The van der Waals surface area contributed by atoms with Gasteiger partial charge in [0, 0.05) is 36.5 Å². The van der Waals surface area contributed by atoms with Crippen molar-refractivity contribution in [3.63, 3.8) is 0 Å². The predicted octanol–water partition coefficient (Wildman–Crippen LogP) is 3.46. The van der Waals surface area contributed by atoms with Gasteiger partial charge in [0.05, 0.1) is 4.90 Å². The van der Waals surface area contributed by atoms with Gasteiger partial charge in [0.1, 0.15) is 0 Å². The molecule has 5 nitrogen and oxygen atoms in total. The summed E-state index contributed by atoms with van der Waals surface area (Å²) in [4.78, 5) is 17.9. The molecule has 0 unspecified atom stereocenters. The highest BCUT2D eigenvalue weighted by atomic mass is 32.2. The third-order valence-corrected chi connectivity index (χ3v) is 7.16. The van der Waals surface area contributed by atoms with E-state index in [1.807, 2.05) is 35.2 Å². The number of hydrogen-bond donors (Lipinski definition) is 0. The third kappa shape index (κ3) is 4.38. The Morgan fingerprint density at radius 2 is 1.72 bits per heavy atom. The smallest absolute Gasteiger partial charge is 0.254 e. The first-order chi connectivity index (χ1) is 13.9. The predicted molar refractivity (Wildman–Crippen MR) is 115 cm³/mol. The van der Waals surface area contributed by atoms with Crippen molar-refractivity contribution in [3.05, 3.63) is 54.1 Å². The Morgan fingerprint density at radius 3 is 2.41 bits per heavy atom. The van der Waals surface area contributed by atoms with E-state index in [-0.39, 0.29) is 16.8 Å². The Labute approximate surface area is 173 Å². The van der Waals surface area contributed by atoms with E-state index in [0.29, 0.717) is 11.1 Å². The van der Waals surface area contributed by atoms with Crippen LogP contribution < -0.4 is 0 Å². The first-order valence-electron chi connectivity index (χ1n) is 10.4. The van der Waals surface area contributed by atoms with Crippen LogP contribution in [-0.2, 0) is 9.84 Å². The maximum atomic E-state index is 13.3. The summed E-state index contributed by atoms with van der Waals surface area (Å²) in [6.45, 7) is 3.89. The molecule has 0 aromatic heterocycles. The quantitative estimate of drug-likeness (QED) is 0.755. The summed E-state index contributed by atoms with van der Waals surface area (Å²) in [6, 6.07) is 14.8. The van der Waals surface area contributed by atoms with Crippen molar-refractivity contribution in [1.29, 1.82) is 0 Å². The summed E-state index contributed by atoms with van der Waals surface area (Å²) >= 11 is 0.